The Labute approximate surface area is 283 Å². The van der Waals surface area contributed by atoms with Crippen LogP contribution in [0.2, 0.25) is 0 Å². The number of nitrogens with zero attached hydrogens (tertiary/aromatic N) is 5. The summed E-state index contributed by atoms with van der Waals surface area (Å²) in [7, 11) is -5.66. The molecule has 284 valence electrons. The topological polar surface area (TPSA) is 411 Å². The highest BCUT2D eigenvalue weighted by molar-refractivity contribution is 7.47. The minimum atomic E-state index is -5.66. The number of hydrogen-bond acceptors (Lipinski definition) is 20. The van der Waals surface area contributed by atoms with Crippen molar-refractivity contribution in [3.05, 3.63) is 34.6 Å². The summed E-state index contributed by atoms with van der Waals surface area (Å²) < 4.78 is 34.9. The molecule has 1 amide bonds. The Bertz CT molecular complexity index is 1690. The molecule has 0 aromatic carbocycles. The van der Waals surface area contributed by atoms with Crippen molar-refractivity contribution < 1.29 is 88.3 Å². The summed E-state index contributed by atoms with van der Waals surface area (Å²) in [6.45, 7) is -3.01. The van der Waals surface area contributed by atoms with Crippen molar-refractivity contribution in [3.63, 3.8) is 0 Å². The van der Waals surface area contributed by atoms with Gasteiger partial charge in [0.25, 0.3) is 5.79 Å². The number of carboxylic acids is 2. The van der Waals surface area contributed by atoms with Crippen molar-refractivity contribution in [2.75, 3.05) is 18.9 Å². The quantitative estimate of drug-likeness (QED) is 0.0751. The molecule has 51 heavy (non-hydrogen) atoms. The molecular formula is C24H34N7O19P. The normalized spacial score (nSPS) is 30.9. The molecule has 26 nitrogen and oxygen atoms in total. The molecule has 0 radical (unpaired) electrons. The van der Waals surface area contributed by atoms with Crippen LogP contribution < -0.4 is 16.7 Å². The van der Waals surface area contributed by atoms with Crippen LogP contribution in [-0.2, 0) is 44.0 Å². The van der Waals surface area contributed by atoms with Gasteiger partial charge in [-0.1, -0.05) is 5.21 Å². The van der Waals surface area contributed by atoms with Crippen LogP contribution in [0, 0.1) is 0 Å². The maximum atomic E-state index is 13.0. The molecule has 2 aliphatic rings. The van der Waals surface area contributed by atoms with Gasteiger partial charge in [0.15, 0.2) is 12.3 Å². The SMILES string of the molecule is Nc1ccn([C@@H]2O[C@H](COP(=O)(O)O[C@@]3(C(=O)O)C[C@H](O)[C@@H](NC(=O)Cn4cc(C(O)C(=O)O)nn4)[C@H]([C@H](O)[C@H](O)CO)O3)[C@@H](O)[C@H]2O)c(=O)n1. The second-order valence-corrected chi connectivity index (χ2v) is 12.6. The highest BCUT2D eigenvalue weighted by Crippen LogP contribution is 2.51. The molecule has 0 saturated carbocycles. The predicted octanol–water partition coefficient (Wildman–Crippen LogP) is -6.88. The van der Waals surface area contributed by atoms with Crippen molar-refractivity contribution in [1.82, 2.24) is 29.9 Å². The number of carbonyl (C=O) groups is 3. The van der Waals surface area contributed by atoms with E-state index in [1.54, 1.807) is 0 Å². The van der Waals surface area contributed by atoms with Crippen LogP contribution in [0.4, 0.5) is 5.82 Å². The van der Waals surface area contributed by atoms with Crippen LogP contribution in [0.25, 0.3) is 0 Å². The van der Waals surface area contributed by atoms with Gasteiger partial charge in [-0.25, -0.2) is 28.2 Å². The molecule has 0 bridgehead atoms. The van der Waals surface area contributed by atoms with Crippen molar-refractivity contribution in [2.24, 2.45) is 0 Å². The van der Waals surface area contributed by atoms with E-state index in [1.165, 1.54) is 6.07 Å². The molecule has 2 unspecified atom stereocenters. The highest BCUT2D eigenvalue weighted by Gasteiger charge is 2.59. The second-order valence-electron chi connectivity index (χ2n) is 11.3. The number of anilines is 1. The number of phosphoric acid groups is 1. The first-order chi connectivity index (χ1) is 23.8. The van der Waals surface area contributed by atoms with Crippen molar-refractivity contribution in [1.29, 1.82) is 0 Å². The Kier molecular flexibility index (Phi) is 12.2. The van der Waals surface area contributed by atoms with Crippen LogP contribution in [-0.4, -0.2) is 161 Å². The molecule has 4 heterocycles. The van der Waals surface area contributed by atoms with E-state index in [0.717, 1.165) is 21.6 Å². The summed E-state index contributed by atoms with van der Waals surface area (Å²) in [5, 5.41) is 99.5. The third kappa shape index (κ3) is 8.90. The lowest BCUT2D eigenvalue weighted by atomic mass is 9.88. The fourth-order valence-corrected chi connectivity index (χ4v) is 6.06. The molecule has 0 spiro atoms. The molecule has 2 aliphatic heterocycles. The van der Waals surface area contributed by atoms with E-state index < -0.39 is 130 Å². The lowest BCUT2D eigenvalue weighted by Gasteiger charge is -2.46. The Morgan fingerprint density at radius 2 is 1.86 bits per heavy atom. The predicted molar refractivity (Wildman–Crippen MR) is 155 cm³/mol. The standard InChI is InChI=1S/C24H34N7O19P/c25-12-1-2-31(23(44)26-12)20-18(39)17(38)11(48-20)7-47-51(45,46)50-24(22(42)43)3-9(33)14(19(49-24)16(37)10(34)6-32)27-13(35)5-30-4-8(28-29-30)15(36)21(40)41/h1-2,4,9-11,14-20,32-34,36-39H,3,5-7H2,(H,27,35)(H,40,41)(H,42,43)(H,45,46)(H2,25,26,44)/t9-,10+,11+,14+,15?,16+,17+,18+,19+,20+,24+/m0/s1. The zero-order chi connectivity index (χ0) is 38.0. The first-order valence-electron chi connectivity index (χ1n) is 14.5. The average Bonchev–Trinajstić information content (AvgIpc) is 3.63. The minimum absolute atomic E-state index is 0.166. The number of ether oxygens (including phenoxy) is 2. The number of carboxylic acid groups (broad SMARTS) is 2. The number of rotatable bonds is 15. The summed E-state index contributed by atoms with van der Waals surface area (Å²) in [5.41, 5.74) is 3.99. The van der Waals surface area contributed by atoms with E-state index in [1.807, 2.05) is 0 Å². The van der Waals surface area contributed by atoms with Gasteiger partial charge >= 0.3 is 25.5 Å². The van der Waals surface area contributed by atoms with Gasteiger partial charge in [-0.15, -0.1) is 5.10 Å². The Morgan fingerprint density at radius 1 is 1.18 bits per heavy atom. The van der Waals surface area contributed by atoms with Crippen LogP contribution in [0.3, 0.4) is 0 Å². The number of amides is 1. The number of aliphatic carboxylic acids is 2. The summed E-state index contributed by atoms with van der Waals surface area (Å²) in [4.78, 5) is 62.3. The van der Waals surface area contributed by atoms with Gasteiger partial charge < -0.3 is 71.4 Å². The summed E-state index contributed by atoms with van der Waals surface area (Å²) in [5.74, 6) is -8.44. The monoisotopic (exact) mass is 755 g/mol. The number of nitrogen functional groups attached to an aromatic ring is 1. The second kappa shape index (κ2) is 15.7. The molecule has 2 aromatic heterocycles. The van der Waals surface area contributed by atoms with E-state index in [9.17, 15) is 69.5 Å². The molecule has 4 rings (SSSR count). The third-order valence-corrected chi connectivity index (χ3v) is 8.65. The maximum Gasteiger partial charge on any atom is 0.475 e. The Morgan fingerprint density at radius 3 is 2.47 bits per heavy atom. The fraction of sp³-hybridized carbons (Fsp3) is 0.625. The van der Waals surface area contributed by atoms with Gasteiger partial charge in [-0.05, 0) is 6.07 Å². The minimum Gasteiger partial charge on any atom is -0.479 e. The van der Waals surface area contributed by atoms with Gasteiger partial charge in [0.05, 0.1) is 31.6 Å². The summed E-state index contributed by atoms with van der Waals surface area (Å²) in [6.07, 6.45) is -17.0. The van der Waals surface area contributed by atoms with Gasteiger partial charge in [-0.3, -0.25) is 13.9 Å². The Hall–Kier alpha value is -4.02. The van der Waals surface area contributed by atoms with Crippen LogP contribution in [0.15, 0.2) is 23.3 Å². The summed E-state index contributed by atoms with van der Waals surface area (Å²) >= 11 is 0. The van der Waals surface area contributed by atoms with E-state index in [4.69, 9.17) is 29.4 Å². The fourth-order valence-electron chi connectivity index (χ4n) is 5.10. The number of carbonyl (C=O) groups excluding carboxylic acids is 1. The number of nitrogens with two attached hydrogens (primary N) is 1. The summed E-state index contributed by atoms with van der Waals surface area (Å²) in [6, 6.07) is -0.654. The van der Waals surface area contributed by atoms with Crippen molar-refractivity contribution in [3.8, 4) is 0 Å². The van der Waals surface area contributed by atoms with E-state index in [0.29, 0.717) is 0 Å². The lowest BCUT2D eigenvalue weighted by Crippen LogP contribution is -2.68. The number of phosphoric ester groups is 1. The highest BCUT2D eigenvalue weighted by atomic mass is 31.2. The largest absolute Gasteiger partial charge is 0.479 e. The van der Waals surface area contributed by atoms with E-state index in [-0.39, 0.29) is 5.82 Å². The third-order valence-electron chi connectivity index (χ3n) is 7.65. The number of hydrogen-bond donors (Lipinski definition) is 12. The number of aliphatic hydroxyl groups is 7. The van der Waals surface area contributed by atoms with Gasteiger partial charge in [0.2, 0.25) is 5.91 Å². The zero-order valence-electron chi connectivity index (χ0n) is 25.7. The van der Waals surface area contributed by atoms with Crippen molar-refractivity contribution >= 4 is 31.5 Å². The van der Waals surface area contributed by atoms with Crippen LogP contribution in [0.1, 0.15) is 24.4 Å². The van der Waals surface area contributed by atoms with Gasteiger partial charge in [-0.2, -0.15) is 4.98 Å². The van der Waals surface area contributed by atoms with Gasteiger partial charge in [0.1, 0.15) is 54.7 Å². The molecule has 2 saturated heterocycles. The number of aromatic nitrogens is 5. The molecule has 12 atom stereocenters. The first-order valence-corrected chi connectivity index (χ1v) is 16.0. The molecule has 0 aliphatic carbocycles. The average molecular weight is 756 g/mol. The number of nitrogens with one attached hydrogen (secondary N) is 1. The van der Waals surface area contributed by atoms with Crippen molar-refractivity contribution in [2.45, 2.75) is 79.9 Å². The van der Waals surface area contributed by atoms with E-state index in [2.05, 4.69) is 20.6 Å². The zero-order valence-corrected chi connectivity index (χ0v) is 26.6. The molecule has 13 N–H and O–H groups in total. The number of aliphatic hydroxyl groups excluding tert-OH is 7. The van der Waals surface area contributed by atoms with E-state index >= 15 is 0 Å². The molecule has 2 aromatic rings. The lowest BCUT2D eigenvalue weighted by molar-refractivity contribution is -0.289. The smallest absolute Gasteiger partial charge is 0.475 e. The molecule has 2 fully saturated rings. The Balaban J connectivity index is 1.49. The maximum absolute atomic E-state index is 13.0. The molecule has 27 heteroatoms. The van der Waals surface area contributed by atoms with Crippen LogP contribution >= 0.6 is 7.82 Å². The molecular weight excluding hydrogens is 721 g/mol. The van der Waals surface area contributed by atoms with Crippen LogP contribution in [0.5, 0.6) is 0 Å². The van der Waals surface area contributed by atoms with Gasteiger partial charge in [0, 0.05) is 12.6 Å². The first kappa shape index (κ1) is 39.8.